The number of carbonyl (C=O) groups is 2. The normalized spacial score (nSPS) is 33.6. The lowest BCUT2D eigenvalue weighted by Crippen LogP contribution is -2.52. The molecule has 14 heteroatoms. The van der Waals surface area contributed by atoms with Crippen LogP contribution in [0, 0.1) is 0 Å². The molecule has 0 aromatic heterocycles. The minimum atomic E-state index is -2.25. The number of nitrogens with zero attached hydrogens (tertiary/aromatic N) is 6. The maximum atomic E-state index is 11.0. The third-order valence-corrected chi connectivity index (χ3v) is 1.89. The van der Waals surface area contributed by atoms with Gasteiger partial charge in [0.15, 0.2) is 0 Å². The molecule has 2 rings (SSSR count). The SMILES string of the molecule is O=C(O)C1(N=NC2(C(=O)O)N=NNN2)N=NNN1. The number of hydrogen-bond acceptors (Lipinski definition) is 12. The molecule has 0 fully saturated rings. The average molecular weight is 258 g/mol. The zero-order chi connectivity index (χ0) is 13.2. The number of aliphatic carboxylic acids is 2. The van der Waals surface area contributed by atoms with E-state index in [-0.39, 0.29) is 0 Å². The summed E-state index contributed by atoms with van der Waals surface area (Å²) in [6.07, 6.45) is 0. The number of hydrogen-bond donors (Lipinski definition) is 6. The fourth-order valence-corrected chi connectivity index (χ4v) is 0.963. The molecule has 2 heterocycles. The van der Waals surface area contributed by atoms with Crippen molar-refractivity contribution in [3.05, 3.63) is 0 Å². The van der Waals surface area contributed by atoms with E-state index in [0.717, 1.165) is 0 Å². The fraction of sp³-hybridized carbons (Fsp3) is 0.500. The van der Waals surface area contributed by atoms with Gasteiger partial charge < -0.3 is 10.2 Å². The molecular formula is C4H6N10O4. The molecule has 0 saturated heterocycles. The molecule has 0 radical (unpaired) electrons. The van der Waals surface area contributed by atoms with E-state index in [1.807, 2.05) is 11.1 Å². The Kier molecular flexibility index (Phi) is 2.56. The molecule has 96 valence electrons. The molecule has 0 aliphatic carbocycles. The van der Waals surface area contributed by atoms with Gasteiger partial charge in [0.25, 0.3) is 0 Å². The van der Waals surface area contributed by atoms with Crippen molar-refractivity contribution in [3.63, 3.8) is 0 Å². The van der Waals surface area contributed by atoms with E-state index >= 15 is 0 Å². The van der Waals surface area contributed by atoms with Gasteiger partial charge in [0, 0.05) is 0 Å². The lowest BCUT2D eigenvalue weighted by atomic mass is 10.4. The molecule has 2 aliphatic rings. The Labute approximate surface area is 97.2 Å². The van der Waals surface area contributed by atoms with E-state index in [2.05, 4.69) is 41.8 Å². The number of carboxylic acid groups (broad SMARTS) is 2. The zero-order valence-electron chi connectivity index (χ0n) is 8.39. The minimum Gasteiger partial charge on any atom is -0.477 e. The van der Waals surface area contributed by atoms with E-state index in [1.54, 1.807) is 0 Å². The number of rotatable bonds is 4. The van der Waals surface area contributed by atoms with E-state index in [0.29, 0.717) is 0 Å². The molecule has 18 heavy (non-hydrogen) atoms. The standard InChI is InChI=1S/C4H6N10O4/c15-1(16)3(7-11-12-8-3)5-6-4(2(17)18)9-13-14-10-4/h(H,7,12)(H,8,11)(H,9,14)(H,10,13)(H,15,16)(H,17,18). The summed E-state index contributed by atoms with van der Waals surface area (Å²) < 4.78 is 0. The van der Waals surface area contributed by atoms with Crippen molar-refractivity contribution >= 4 is 11.9 Å². The highest BCUT2D eigenvalue weighted by Crippen LogP contribution is 2.19. The Morgan fingerprint density at radius 2 is 1.28 bits per heavy atom. The topological polar surface area (TPSA) is 197 Å². The van der Waals surface area contributed by atoms with Crippen LogP contribution in [0.4, 0.5) is 0 Å². The zero-order valence-corrected chi connectivity index (χ0v) is 8.39. The third kappa shape index (κ3) is 1.70. The minimum absolute atomic E-state index is 1.54. The quantitative estimate of drug-likeness (QED) is 0.307. The lowest BCUT2D eigenvalue weighted by molar-refractivity contribution is -0.147. The average Bonchev–Trinajstić information content (AvgIpc) is 2.97. The highest BCUT2D eigenvalue weighted by Gasteiger charge is 2.47. The van der Waals surface area contributed by atoms with Crippen LogP contribution >= 0.6 is 0 Å². The van der Waals surface area contributed by atoms with Crippen molar-refractivity contribution in [2.24, 2.45) is 30.9 Å². The van der Waals surface area contributed by atoms with Crippen LogP contribution in [0.2, 0.25) is 0 Å². The molecule has 0 bridgehead atoms. The predicted octanol–water partition coefficient (Wildman–Crippen LogP) is -2.13. The van der Waals surface area contributed by atoms with Gasteiger partial charge in [-0.05, 0) is 0 Å². The third-order valence-electron chi connectivity index (χ3n) is 1.89. The van der Waals surface area contributed by atoms with Gasteiger partial charge in [0.1, 0.15) is 0 Å². The van der Waals surface area contributed by atoms with Crippen LogP contribution < -0.4 is 21.9 Å². The highest BCUT2D eigenvalue weighted by molar-refractivity contribution is 5.79. The molecule has 6 N–H and O–H groups in total. The van der Waals surface area contributed by atoms with Crippen molar-refractivity contribution < 1.29 is 19.8 Å². The van der Waals surface area contributed by atoms with Crippen LogP contribution in [0.15, 0.2) is 30.9 Å². The maximum absolute atomic E-state index is 11.0. The van der Waals surface area contributed by atoms with Crippen molar-refractivity contribution in [3.8, 4) is 0 Å². The smallest absolute Gasteiger partial charge is 0.376 e. The Morgan fingerprint density at radius 1 is 0.889 bits per heavy atom. The second-order valence-corrected chi connectivity index (χ2v) is 3.03. The molecule has 2 aliphatic heterocycles. The van der Waals surface area contributed by atoms with Crippen LogP contribution in [0.1, 0.15) is 0 Å². The van der Waals surface area contributed by atoms with Crippen molar-refractivity contribution in [2.45, 2.75) is 11.6 Å². The highest BCUT2D eigenvalue weighted by atomic mass is 16.4. The summed E-state index contributed by atoms with van der Waals surface area (Å²) in [6.45, 7) is 0. The lowest BCUT2D eigenvalue weighted by Gasteiger charge is -2.16. The first-order valence-electron chi connectivity index (χ1n) is 4.30. The Balaban J connectivity index is 2.29. The van der Waals surface area contributed by atoms with Crippen LogP contribution in [0.5, 0.6) is 0 Å². The Bertz CT molecular complexity index is 430. The monoisotopic (exact) mass is 258 g/mol. The van der Waals surface area contributed by atoms with E-state index in [1.165, 1.54) is 0 Å². The van der Waals surface area contributed by atoms with Crippen LogP contribution in [0.25, 0.3) is 0 Å². The van der Waals surface area contributed by atoms with Gasteiger partial charge in [-0.3, -0.25) is 0 Å². The van der Waals surface area contributed by atoms with Gasteiger partial charge in [-0.15, -0.1) is 20.5 Å². The van der Waals surface area contributed by atoms with Gasteiger partial charge >= 0.3 is 23.5 Å². The summed E-state index contributed by atoms with van der Waals surface area (Å²) in [5, 5.41) is 37.2. The maximum Gasteiger partial charge on any atom is 0.376 e. The van der Waals surface area contributed by atoms with E-state index in [9.17, 15) is 9.59 Å². The summed E-state index contributed by atoms with van der Waals surface area (Å²) in [5.74, 6) is -7.57. The largest absolute Gasteiger partial charge is 0.477 e. The van der Waals surface area contributed by atoms with Crippen molar-refractivity contribution in [2.75, 3.05) is 0 Å². The Hall–Kier alpha value is -2.74. The number of hydrazine groups is 2. The second kappa shape index (κ2) is 3.93. The molecule has 0 amide bonds. The Morgan fingerprint density at radius 3 is 1.50 bits per heavy atom. The van der Waals surface area contributed by atoms with Crippen LogP contribution in [0.3, 0.4) is 0 Å². The fourth-order valence-electron chi connectivity index (χ4n) is 0.963. The summed E-state index contributed by atoms with van der Waals surface area (Å²) in [4.78, 5) is 21.9. The van der Waals surface area contributed by atoms with Gasteiger partial charge in [-0.1, -0.05) is 10.4 Å². The molecule has 14 nitrogen and oxygen atoms in total. The van der Waals surface area contributed by atoms with Crippen LogP contribution in [-0.2, 0) is 9.59 Å². The van der Waals surface area contributed by atoms with Crippen molar-refractivity contribution in [1.29, 1.82) is 0 Å². The van der Waals surface area contributed by atoms with Gasteiger partial charge in [0.2, 0.25) is 0 Å². The molecule has 0 aromatic rings. The first kappa shape index (κ1) is 11.7. The molecule has 0 spiro atoms. The number of carboxylic acids is 2. The van der Waals surface area contributed by atoms with E-state index in [4.69, 9.17) is 10.2 Å². The van der Waals surface area contributed by atoms with E-state index < -0.39 is 23.5 Å². The summed E-state index contributed by atoms with van der Waals surface area (Å²) in [6, 6.07) is 0. The van der Waals surface area contributed by atoms with Gasteiger partial charge in [-0.25, -0.2) is 20.7 Å². The first-order chi connectivity index (χ1) is 8.51. The second-order valence-electron chi connectivity index (χ2n) is 3.03. The number of azo groups is 1. The number of nitrogens with one attached hydrogen (secondary N) is 4. The summed E-state index contributed by atoms with van der Waals surface area (Å²) >= 11 is 0. The molecule has 2 unspecified atom stereocenters. The van der Waals surface area contributed by atoms with Gasteiger partial charge in [0.05, 0.1) is 0 Å². The molecular weight excluding hydrogens is 252 g/mol. The summed E-state index contributed by atoms with van der Waals surface area (Å²) in [5.41, 5.74) is 8.28. The first-order valence-corrected chi connectivity index (χ1v) is 4.30. The molecule has 0 saturated carbocycles. The van der Waals surface area contributed by atoms with Gasteiger partial charge in [-0.2, -0.15) is 10.9 Å². The molecule has 0 aromatic carbocycles. The van der Waals surface area contributed by atoms with Crippen LogP contribution in [-0.4, -0.2) is 33.7 Å². The molecule has 2 atom stereocenters. The summed E-state index contributed by atoms with van der Waals surface area (Å²) in [7, 11) is 0. The van der Waals surface area contributed by atoms with Crippen molar-refractivity contribution in [1.82, 2.24) is 21.9 Å². The predicted molar refractivity (Wildman–Crippen MR) is 47.8 cm³/mol.